The van der Waals surface area contributed by atoms with Crippen LogP contribution in [-0.2, 0) is 4.74 Å². The zero-order valence-corrected chi connectivity index (χ0v) is 11.6. The third kappa shape index (κ3) is 3.68. The van der Waals surface area contributed by atoms with Gasteiger partial charge in [0.15, 0.2) is 0 Å². The fourth-order valence-corrected chi connectivity index (χ4v) is 2.94. The summed E-state index contributed by atoms with van der Waals surface area (Å²) >= 11 is 0. The van der Waals surface area contributed by atoms with Crippen LogP contribution in [-0.4, -0.2) is 61.3 Å². The van der Waals surface area contributed by atoms with E-state index < -0.39 is 0 Å². The van der Waals surface area contributed by atoms with Gasteiger partial charge in [0, 0.05) is 32.2 Å². The topological polar surface area (TPSA) is 39.5 Å². The molecule has 2 atom stereocenters. The molecule has 2 unspecified atom stereocenters. The molecule has 0 aromatic carbocycles. The van der Waals surface area contributed by atoms with Crippen LogP contribution in [0.4, 0.5) is 0 Å². The van der Waals surface area contributed by atoms with Crippen LogP contribution in [0.3, 0.4) is 0 Å². The molecule has 0 aromatic rings. The molecule has 0 spiro atoms. The van der Waals surface area contributed by atoms with E-state index in [4.69, 9.17) is 10.00 Å². The largest absolute Gasteiger partial charge is 0.374 e. The van der Waals surface area contributed by atoms with Crippen LogP contribution in [0.25, 0.3) is 0 Å². The van der Waals surface area contributed by atoms with Crippen molar-refractivity contribution >= 4 is 0 Å². The minimum Gasteiger partial charge on any atom is -0.374 e. The summed E-state index contributed by atoms with van der Waals surface area (Å²) in [6.07, 6.45) is 2.54. The van der Waals surface area contributed by atoms with Crippen LogP contribution in [0.5, 0.6) is 0 Å². The van der Waals surface area contributed by atoms with Gasteiger partial charge in [-0.05, 0) is 33.2 Å². The molecule has 0 bridgehead atoms. The van der Waals surface area contributed by atoms with Gasteiger partial charge in [-0.3, -0.25) is 9.80 Å². The quantitative estimate of drug-likeness (QED) is 0.758. The van der Waals surface area contributed by atoms with E-state index >= 15 is 0 Å². The normalized spacial score (nSPS) is 31.4. The van der Waals surface area contributed by atoms with Gasteiger partial charge in [0.2, 0.25) is 0 Å². The number of hydrogen-bond acceptors (Lipinski definition) is 4. The second-order valence-corrected chi connectivity index (χ2v) is 5.81. The predicted octanol–water partition coefficient (Wildman–Crippen LogP) is 1.33. The highest BCUT2D eigenvalue weighted by molar-refractivity contribution is 4.89. The lowest BCUT2D eigenvalue weighted by atomic mass is 9.99. The van der Waals surface area contributed by atoms with Crippen LogP contribution in [0.2, 0.25) is 0 Å². The molecule has 0 amide bonds. The predicted molar refractivity (Wildman–Crippen MR) is 71.2 cm³/mol. The number of piperidine rings is 1. The van der Waals surface area contributed by atoms with Crippen LogP contribution in [0.1, 0.15) is 26.7 Å². The number of hydrogen-bond donors (Lipinski definition) is 0. The first-order valence-electron chi connectivity index (χ1n) is 7.16. The molecule has 4 nitrogen and oxygen atoms in total. The highest BCUT2D eigenvalue weighted by atomic mass is 16.5. The Morgan fingerprint density at radius 1 is 1.33 bits per heavy atom. The van der Waals surface area contributed by atoms with Gasteiger partial charge in [0.1, 0.15) is 0 Å². The van der Waals surface area contributed by atoms with E-state index in [1.165, 1.54) is 0 Å². The van der Waals surface area contributed by atoms with Crippen molar-refractivity contribution in [2.75, 3.05) is 39.3 Å². The molecule has 2 aliphatic rings. The highest BCUT2D eigenvalue weighted by Crippen LogP contribution is 2.17. The molecule has 2 heterocycles. The summed E-state index contributed by atoms with van der Waals surface area (Å²) < 4.78 is 5.86. The van der Waals surface area contributed by atoms with Gasteiger partial charge >= 0.3 is 0 Å². The molecule has 4 heteroatoms. The van der Waals surface area contributed by atoms with Gasteiger partial charge in [-0.15, -0.1) is 0 Å². The average Bonchev–Trinajstić information content (AvgIpc) is 2.39. The van der Waals surface area contributed by atoms with Crippen molar-refractivity contribution in [3.63, 3.8) is 0 Å². The molecule has 2 fully saturated rings. The van der Waals surface area contributed by atoms with Crippen molar-refractivity contribution in [3.8, 4) is 6.07 Å². The summed E-state index contributed by atoms with van der Waals surface area (Å²) in [5, 5.41) is 9.01. The van der Waals surface area contributed by atoms with Crippen LogP contribution in [0, 0.1) is 17.2 Å². The summed E-state index contributed by atoms with van der Waals surface area (Å²) in [4.78, 5) is 4.89. The number of ether oxygens (including phenoxy) is 1. The SMILES string of the molecule is CC(C)N1CCOC(CN2CCCC(C#N)C2)C1. The van der Waals surface area contributed by atoms with Crippen LogP contribution in [0.15, 0.2) is 0 Å². The van der Waals surface area contributed by atoms with E-state index in [1.807, 2.05) is 0 Å². The van der Waals surface area contributed by atoms with Crippen molar-refractivity contribution in [2.45, 2.75) is 38.8 Å². The van der Waals surface area contributed by atoms with E-state index in [-0.39, 0.29) is 5.92 Å². The zero-order chi connectivity index (χ0) is 13.0. The fourth-order valence-electron chi connectivity index (χ4n) is 2.94. The summed E-state index contributed by atoms with van der Waals surface area (Å²) in [6, 6.07) is 3.01. The van der Waals surface area contributed by atoms with Gasteiger partial charge < -0.3 is 4.74 Å². The molecule has 18 heavy (non-hydrogen) atoms. The van der Waals surface area contributed by atoms with Crippen molar-refractivity contribution in [1.29, 1.82) is 5.26 Å². The average molecular weight is 251 g/mol. The van der Waals surface area contributed by atoms with Gasteiger partial charge in [0.25, 0.3) is 0 Å². The first-order chi connectivity index (χ1) is 8.69. The monoisotopic (exact) mass is 251 g/mol. The van der Waals surface area contributed by atoms with Crippen molar-refractivity contribution in [2.24, 2.45) is 5.92 Å². The third-order valence-electron chi connectivity index (χ3n) is 4.05. The summed E-state index contributed by atoms with van der Waals surface area (Å²) in [5.74, 6) is 0.226. The maximum Gasteiger partial charge on any atom is 0.0829 e. The standard InChI is InChI=1S/C14H25N3O/c1-12(2)17-6-7-18-14(11-17)10-16-5-3-4-13(8-15)9-16/h12-14H,3-7,9-11H2,1-2H3. The van der Waals surface area contributed by atoms with Crippen LogP contribution >= 0.6 is 0 Å². The molecule has 2 aliphatic heterocycles. The fraction of sp³-hybridized carbons (Fsp3) is 0.929. The molecular weight excluding hydrogens is 226 g/mol. The highest BCUT2D eigenvalue weighted by Gasteiger charge is 2.26. The number of likely N-dealkylation sites (tertiary alicyclic amines) is 1. The van der Waals surface area contributed by atoms with Crippen LogP contribution < -0.4 is 0 Å². The number of nitriles is 1. The lowest BCUT2D eigenvalue weighted by Crippen LogP contribution is -2.51. The first kappa shape index (κ1) is 13.8. The number of morpholine rings is 1. The summed E-state index contributed by atoms with van der Waals surface area (Å²) in [6.45, 7) is 10.5. The van der Waals surface area contributed by atoms with Gasteiger partial charge in [0.05, 0.1) is 24.7 Å². The minimum atomic E-state index is 0.226. The molecule has 0 saturated carbocycles. The Kier molecular flexibility index (Phi) is 4.99. The summed E-state index contributed by atoms with van der Waals surface area (Å²) in [7, 11) is 0. The molecule has 0 aromatic heterocycles. The molecular formula is C14H25N3O. The first-order valence-corrected chi connectivity index (χ1v) is 7.16. The molecule has 0 N–H and O–H groups in total. The summed E-state index contributed by atoms with van der Waals surface area (Å²) in [5.41, 5.74) is 0. The Bertz CT molecular complexity index is 300. The van der Waals surface area contributed by atoms with Crippen molar-refractivity contribution < 1.29 is 4.74 Å². The molecule has 0 radical (unpaired) electrons. The molecule has 0 aliphatic carbocycles. The molecule has 102 valence electrons. The van der Waals surface area contributed by atoms with Crippen molar-refractivity contribution in [1.82, 2.24) is 9.80 Å². The van der Waals surface area contributed by atoms with E-state index in [9.17, 15) is 0 Å². The van der Waals surface area contributed by atoms with E-state index in [0.717, 1.165) is 52.2 Å². The Morgan fingerprint density at radius 3 is 2.89 bits per heavy atom. The van der Waals surface area contributed by atoms with E-state index in [1.54, 1.807) is 0 Å². The number of nitrogens with zero attached hydrogens (tertiary/aromatic N) is 3. The number of rotatable bonds is 3. The Morgan fingerprint density at radius 2 is 2.17 bits per heavy atom. The Hall–Kier alpha value is -0.630. The minimum absolute atomic E-state index is 0.226. The molecule has 2 rings (SSSR count). The molecule has 2 saturated heterocycles. The van der Waals surface area contributed by atoms with E-state index in [2.05, 4.69) is 29.7 Å². The lowest BCUT2D eigenvalue weighted by molar-refractivity contribution is -0.0549. The maximum atomic E-state index is 9.01. The van der Waals surface area contributed by atoms with E-state index in [0.29, 0.717) is 12.1 Å². The third-order valence-corrected chi connectivity index (χ3v) is 4.05. The van der Waals surface area contributed by atoms with Crippen molar-refractivity contribution in [3.05, 3.63) is 0 Å². The smallest absolute Gasteiger partial charge is 0.0829 e. The maximum absolute atomic E-state index is 9.01. The Balaban J connectivity index is 1.80. The van der Waals surface area contributed by atoms with Gasteiger partial charge in [-0.2, -0.15) is 5.26 Å². The Labute approximate surface area is 110 Å². The van der Waals surface area contributed by atoms with Gasteiger partial charge in [-0.25, -0.2) is 0 Å². The second-order valence-electron chi connectivity index (χ2n) is 5.81. The lowest BCUT2D eigenvalue weighted by Gasteiger charge is -2.39. The second kappa shape index (κ2) is 6.51. The van der Waals surface area contributed by atoms with Gasteiger partial charge in [-0.1, -0.05) is 0 Å². The zero-order valence-electron chi connectivity index (χ0n) is 11.6.